The molecule has 3 N–H and O–H groups in total. The highest BCUT2D eigenvalue weighted by Crippen LogP contribution is 2.35. The highest BCUT2D eigenvalue weighted by molar-refractivity contribution is 14.1. The molecule has 1 amide bonds. The van der Waals surface area contributed by atoms with Crippen LogP contribution in [0.4, 0.5) is 24.5 Å². The normalized spacial score (nSPS) is 11.2. The predicted octanol–water partition coefficient (Wildman–Crippen LogP) is 4.14. The van der Waals surface area contributed by atoms with E-state index in [2.05, 4.69) is 27.9 Å². The summed E-state index contributed by atoms with van der Waals surface area (Å²) in [5.74, 6) is -0.681. The van der Waals surface area contributed by atoms with Gasteiger partial charge < -0.3 is 11.1 Å². The van der Waals surface area contributed by atoms with E-state index >= 15 is 0 Å². The van der Waals surface area contributed by atoms with E-state index in [1.165, 1.54) is 6.07 Å². The van der Waals surface area contributed by atoms with Crippen LogP contribution < -0.4 is 11.1 Å². The SMILES string of the molecule is Nc1c(C(=O)Nc2ccc(I)cc2)cccc1C(F)(F)F. The number of halogens is 4. The maximum Gasteiger partial charge on any atom is 0.418 e. The van der Waals surface area contributed by atoms with Crippen LogP contribution in [0.3, 0.4) is 0 Å². The summed E-state index contributed by atoms with van der Waals surface area (Å²) in [6.07, 6.45) is -4.59. The Morgan fingerprint density at radius 1 is 1.10 bits per heavy atom. The molecule has 7 heteroatoms. The third-order valence-corrected chi connectivity index (χ3v) is 3.48. The van der Waals surface area contributed by atoms with Crippen LogP contribution in [0.2, 0.25) is 0 Å². The molecule has 21 heavy (non-hydrogen) atoms. The third-order valence-electron chi connectivity index (χ3n) is 2.76. The van der Waals surface area contributed by atoms with E-state index in [4.69, 9.17) is 5.73 Å². The zero-order valence-corrected chi connectivity index (χ0v) is 12.7. The van der Waals surface area contributed by atoms with Crippen LogP contribution in [0.25, 0.3) is 0 Å². The number of nitrogen functional groups attached to an aromatic ring is 1. The van der Waals surface area contributed by atoms with Crippen molar-refractivity contribution in [2.45, 2.75) is 6.18 Å². The van der Waals surface area contributed by atoms with E-state index in [0.29, 0.717) is 5.69 Å². The van der Waals surface area contributed by atoms with Gasteiger partial charge in [0.15, 0.2) is 0 Å². The summed E-state index contributed by atoms with van der Waals surface area (Å²) in [6.45, 7) is 0. The van der Waals surface area contributed by atoms with Gasteiger partial charge in [0.25, 0.3) is 5.91 Å². The number of amides is 1. The summed E-state index contributed by atoms with van der Waals surface area (Å²) in [6, 6.07) is 10.1. The fraction of sp³-hybridized carbons (Fsp3) is 0.0714. The van der Waals surface area contributed by atoms with Gasteiger partial charge in [-0.3, -0.25) is 4.79 Å². The third kappa shape index (κ3) is 3.66. The van der Waals surface area contributed by atoms with Crippen molar-refractivity contribution in [2.75, 3.05) is 11.1 Å². The summed E-state index contributed by atoms with van der Waals surface area (Å²) in [7, 11) is 0. The molecule has 0 atom stereocenters. The Kier molecular flexibility index (Phi) is 4.40. The van der Waals surface area contributed by atoms with Crippen molar-refractivity contribution in [2.24, 2.45) is 0 Å². The van der Waals surface area contributed by atoms with Crippen molar-refractivity contribution in [3.63, 3.8) is 0 Å². The lowest BCUT2D eigenvalue weighted by atomic mass is 10.1. The molecule has 0 heterocycles. The van der Waals surface area contributed by atoms with Crippen molar-refractivity contribution < 1.29 is 18.0 Å². The highest BCUT2D eigenvalue weighted by atomic mass is 127. The molecule has 0 unspecified atom stereocenters. The topological polar surface area (TPSA) is 55.1 Å². The summed E-state index contributed by atoms with van der Waals surface area (Å²) < 4.78 is 39.2. The van der Waals surface area contributed by atoms with Crippen molar-refractivity contribution in [3.8, 4) is 0 Å². The second-order valence-corrected chi connectivity index (χ2v) is 5.47. The number of benzene rings is 2. The monoisotopic (exact) mass is 406 g/mol. The number of anilines is 2. The summed E-state index contributed by atoms with van der Waals surface area (Å²) >= 11 is 2.10. The highest BCUT2D eigenvalue weighted by Gasteiger charge is 2.34. The lowest BCUT2D eigenvalue weighted by Crippen LogP contribution is -2.17. The van der Waals surface area contributed by atoms with E-state index in [1.54, 1.807) is 24.3 Å². The Bertz CT molecular complexity index is 669. The summed E-state index contributed by atoms with van der Waals surface area (Å²) in [4.78, 5) is 12.0. The molecule has 0 aliphatic carbocycles. The fourth-order valence-electron chi connectivity index (χ4n) is 1.74. The first-order valence-corrected chi connectivity index (χ1v) is 6.89. The zero-order chi connectivity index (χ0) is 15.6. The average Bonchev–Trinajstić information content (AvgIpc) is 2.40. The second-order valence-electron chi connectivity index (χ2n) is 4.23. The number of carbonyl (C=O) groups is 1. The summed E-state index contributed by atoms with van der Waals surface area (Å²) in [5, 5.41) is 2.52. The van der Waals surface area contributed by atoms with Crippen LogP contribution in [0.1, 0.15) is 15.9 Å². The largest absolute Gasteiger partial charge is 0.418 e. The number of carbonyl (C=O) groups excluding carboxylic acids is 1. The van der Waals surface area contributed by atoms with Crippen LogP contribution in [-0.2, 0) is 6.18 Å². The minimum atomic E-state index is -4.59. The molecule has 0 bridgehead atoms. The first-order valence-electron chi connectivity index (χ1n) is 5.81. The van der Waals surface area contributed by atoms with Gasteiger partial charge >= 0.3 is 6.18 Å². The number of nitrogens with one attached hydrogen (secondary N) is 1. The Morgan fingerprint density at radius 2 is 1.71 bits per heavy atom. The molecule has 3 nitrogen and oxygen atoms in total. The van der Waals surface area contributed by atoms with Gasteiger partial charge in [0, 0.05) is 9.26 Å². The first kappa shape index (κ1) is 15.6. The van der Waals surface area contributed by atoms with Gasteiger partial charge in [-0.15, -0.1) is 0 Å². The number of alkyl halides is 3. The van der Waals surface area contributed by atoms with Gasteiger partial charge in [0.1, 0.15) is 0 Å². The van der Waals surface area contributed by atoms with Crippen LogP contribution in [0.5, 0.6) is 0 Å². The molecule has 2 aromatic rings. The van der Waals surface area contributed by atoms with Gasteiger partial charge in [0.2, 0.25) is 0 Å². The number of para-hydroxylation sites is 1. The van der Waals surface area contributed by atoms with Gasteiger partial charge in [-0.2, -0.15) is 13.2 Å². The van der Waals surface area contributed by atoms with Gasteiger partial charge in [-0.25, -0.2) is 0 Å². The smallest absolute Gasteiger partial charge is 0.398 e. The molecular weight excluding hydrogens is 396 g/mol. The van der Waals surface area contributed by atoms with Crippen molar-refractivity contribution in [1.82, 2.24) is 0 Å². The van der Waals surface area contributed by atoms with Crippen LogP contribution in [-0.4, -0.2) is 5.91 Å². The van der Waals surface area contributed by atoms with E-state index in [9.17, 15) is 18.0 Å². The molecule has 0 spiro atoms. The van der Waals surface area contributed by atoms with E-state index in [-0.39, 0.29) is 5.56 Å². The molecule has 0 radical (unpaired) electrons. The maximum atomic E-state index is 12.8. The van der Waals surface area contributed by atoms with Gasteiger partial charge in [0.05, 0.1) is 16.8 Å². The van der Waals surface area contributed by atoms with E-state index in [1.807, 2.05) is 0 Å². The number of rotatable bonds is 2. The Labute approximate surface area is 132 Å². The maximum absolute atomic E-state index is 12.8. The van der Waals surface area contributed by atoms with E-state index in [0.717, 1.165) is 15.7 Å². The lowest BCUT2D eigenvalue weighted by molar-refractivity contribution is -0.136. The Morgan fingerprint density at radius 3 is 2.29 bits per heavy atom. The molecule has 2 aromatic carbocycles. The Hall–Kier alpha value is -1.77. The molecule has 0 aliphatic heterocycles. The van der Waals surface area contributed by atoms with Crippen molar-refractivity contribution >= 4 is 39.9 Å². The average molecular weight is 406 g/mol. The van der Waals surface area contributed by atoms with Crippen LogP contribution in [0.15, 0.2) is 42.5 Å². The Balaban J connectivity index is 2.30. The molecule has 0 saturated heterocycles. The summed E-state index contributed by atoms with van der Waals surface area (Å²) in [5.41, 5.74) is 4.15. The molecule has 110 valence electrons. The lowest BCUT2D eigenvalue weighted by Gasteiger charge is -2.13. The fourth-order valence-corrected chi connectivity index (χ4v) is 2.10. The molecule has 0 saturated carbocycles. The molecule has 2 rings (SSSR count). The van der Waals surface area contributed by atoms with Crippen LogP contribution >= 0.6 is 22.6 Å². The van der Waals surface area contributed by atoms with E-state index < -0.39 is 23.3 Å². The van der Waals surface area contributed by atoms with Crippen molar-refractivity contribution in [3.05, 3.63) is 57.2 Å². The molecule has 0 aliphatic rings. The number of hydrogen-bond acceptors (Lipinski definition) is 2. The minimum Gasteiger partial charge on any atom is -0.398 e. The van der Waals surface area contributed by atoms with Gasteiger partial charge in [-0.05, 0) is 59.0 Å². The van der Waals surface area contributed by atoms with Crippen LogP contribution in [0, 0.1) is 3.57 Å². The quantitative estimate of drug-likeness (QED) is 0.582. The molecule has 0 aromatic heterocycles. The van der Waals surface area contributed by atoms with Crippen molar-refractivity contribution in [1.29, 1.82) is 0 Å². The number of nitrogens with two attached hydrogens (primary N) is 1. The van der Waals surface area contributed by atoms with Gasteiger partial charge in [-0.1, -0.05) is 6.07 Å². The molecular formula is C14H10F3IN2O. The molecule has 0 fully saturated rings. The minimum absolute atomic E-state index is 0.205. The zero-order valence-electron chi connectivity index (χ0n) is 10.5. The second kappa shape index (κ2) is 5.92. The number of hydrogen-bond donors (Lipinski definition) is 2. The first-order chi connectivity index (χ1) is 9.79. The predicted molar refractivity (Wildman–Crippen MR) is 83.0 cm³/mol. The standard InChI is InChI=1S/C14H10F3IN2O/c15-14(16,17)11-3-1-2-10(12(11)19)13(21)20-9-6-4-8(18)5-7-9/h1-7H,19H2,(H,20,21).